The number of carbonyl (C=O) groups excluding carboxylic acids is 2. The minimum atomic E-state index is -0.978. The molecule has 0 saturated heterocycles. The predicted octanol–water partition coefficient (Wildman–Crippen LogP) is 1.91. The van der Waals surface area contributed by atoms with Crippen molar-refractivity contribution < 1.29 is 19.1 Å². The van der Waals surface area contributed by atoms with Crippen LogP contribution in [0.5, 0.6) is 5.75 Å². The van der Waals surface area contributed by atoms with Crippen molar-refractivity contribution in [2.45, 2.75) is 0 Å². The van der Waals surface area contributed by atoms with E-state index in [0.29, 0.717) is 12.0 Å². The Kier molecular flexibility index (Phi) is 3.43. The smallest absolute Gasteiger partial charge is 0.395 e. The Morgan fingerprint density at radius 3 is 2.50 bits per heavy atom. The maximum Gasteiger partial charge on any atom is 0.519 e. The summed E-state index contributed by atoms with van der Waals surface area (Å²) >= 11 is 0. The van der Waals surface area contributed by atoms with Crippen LogP contribution in [-0.2, 0) is 9.53 Å². The summed E-state index contributed by atoms with van der Waals surface area (Å²) in [6, 6.07) is 8.37. The maximum absolute atomic E-state index is 10.9. The van der Waals surface area contributed by atoms with Crippen LogP contribution >= 0.6 is 0 Å². The minimum Gasteiger partial charge on any atom is -0.395 e. The molecule has 0 saturated carbocycles. The van der Waals surface area contributed by atoms with Crippen molar-refractivity contribution in [2.24, 2.45) is 0 Å². The van der Waals surface area contributed by atoms with Crippen LogP contribution in [-0.4, -0.2) is 12.4 Å². The highest BCUT2D eigenvalue weighted by molar-refractivity contribution is 5.75. The largest absolute Gasteiger partial charge is 0.519 e. The number of hydrogen-bond acceptors (Lipinski definition) is 4. The first-order valence-electron chi connectivity index (χ1n) is 3.81. The molecular weight excluding hydrogens is 184 g/mol. The number of benzene rings is 1. The monoisotopic (exact) mass is 192 g/mol. The zero-order chi connectivity index (χ0) is 10.4. The van der Waals surface area contributed by atoms with Gasteiger partial charge in [0.05, 0.1) is 0 Å². The third kappa shape index (κ3) is 3.10. The number of hydrogen-bond donors (Lipinski definition) is 0. The van der Waals surface area contributed by atoms with Gasteiger partial charge in [-0.2, -0.15) is 0 Å². The van der Waals surface area contributed by atoms with E-state index in [2.05, 4.69) is 11.3 Å². The summed E-state index contributed by atoms with van der Waals surface area (Å²) in [6.45, 7) is 3.16. The molecule has 0 radical (unpaired) electrons. The van der Waals surface area contributed by atoms with E-state index in [1.165, 1.54) is 0 Å². The molecule has 0 aliphatic carbocycles. The van der Waals surface area contributed by atoms with Crippen molar-refractivity contribution in [1.29, 1.82) is 0 Å². The molecule has 0 N–H and O–H groups in total. The molecule has 0 amide bonds. The van der Waals surface area contributed by atoms with Gasteiger partial charge in [-0.25, -0.2) is 4.79 Å². The molecule has 4 nitrogen and oxygen atoms in total. The van der Waals surface area contributed by atoms with E-state index < -0.39 is 6.16 Å². The molecule has 4 heteroatoms. The second kappa shape index (κ2) is 4.81. The van der Waals surface area contributed by atoms with Gasteiger partial charge in [0.1, 0.15) is 5.75 Å². The Morgan fingerprint density at radius 1 is 1.29 bits per heavy atom. The second-order valence-electron chi connectivity index (χ2n) is 2.35. The number of rotatable bonds is 3. The summed E-state index contributed by atoms with van der Waals surface area (Å²) in [7, 11) is 0. The Balaban J connectivity index is 2.50. The first-order chi connectivity index (χ1) is 6.72. The highest BCUT2D eigenvalue weighted by Crippen LogP contribution is 2.09. The summed E-state index contributed by atoms with van der Waals surface area (Å²) in [6.07, 6.45) is -0.653. The summed E-state index contributed by atoms with van der Waals surface area (Å²) in [5.74, 6) is 0.0575. The number of para-hydroxylation sites is 1. The van der Waals surface area contributed by atoms with Gasteiger partial charge in [0, 0.05) is 0 Å². The molecule has 0 aliphatic rings. The first-order valence-corrected chi connectivity index (χ1v) is 3.81. The van der Waals surface area contributed by atoms with E-state index in [0.717, 1.165) is 0 Å². The molecule has 1 aromatic rings. The zero-order valence-electron chi connectivity index (χ0n) is 7.30. The quantitative estimate of drug-likeness (QED) is 0.241. The minimum absolute atomic E-state index is 0.286. The highest BCUT2D eigenvalue weighted by Gasteiger charge is 2.06. The molecule has 72 valence electrons. The summed E-state index contributed by atoms with van der Waals surface area (Å²) in [5, 5.41) is 0. The lowest BCUT2D eigenvalue weighted by Gasteiger charge is -2.02. The molecule has 0 heterocycles. The number of carbonyl (C=O) groups is 2. The van der Waals surface area contributed by atoms with Crippen LogP contribution in [0.1, 0.15) is 0 Å². The van der Waals surface area contributed by atoms with E-state index in [4.69, 9.17) is 4.74 Å². The molecule has 0 spiro atoms. The third-order valence-corrected chi connectivity index (χ3v) is 1.29. The second-order valence-corrected chi connectivity index (χ2v) is 2.35. The van der Waals surface area contributed by atoms with Crippen LogP contribution in [0.4, 0.5) is 4.79 Å². The van der Waals surface area contributed by atoms with Gasteiger partial charge in [0.25, 0.3) is 0 Å². The van der Waals surface area contributed by atoms with Crippen molar-refractivity contribution in [3.05, 3.63) is 42.7 Å². The highest BCUT2D eigenvalue weighted by atomic mass is 16.7. The van der Waals surface area contributed by atoms with Gasteiger partial charge in [0.2, 0.25) is 0 Å². The van der Waals surface area contributed by atoms with E-state index in [9.17, 15) is 9.59 Å². The lowest BCUT2D eigenvalue weighted by molar-refractivity contribution is -0.107. The van der Waals surface area contributed by atoms with Crippen molar-refractivity contribution in [1.82, 2.24) is 0 Å². The molecule has 0 fully saturated rings. The SMILES string of the molecule is C=C(C=O)OC(=O)Oc1ccccc1. The normalized spacial score (nSPS) is 8.86. The van der Waals surface area contributed by atoms with Crippen LogP contribution in [0.15, 0.2) is 42.7 Å². The topological polar surface area (TPSA) is 52.6 Å². The van der Waals surface area contributed by atoms with Crippen LogP contribution in [0.2, 0.25) is 0 Å². The number of aldehydes is 1. The average molecular weight is 192 g/mol. The Morgan fingerprint density at radius 2 is 1.93 bits per heavy atom. The Bertz CT molecular complexity index is 342. The molecule has 0 unspecified atom stereocenters. The summed E-state index contributed by atoms with van der Waals surface area (Å²) in [5.41, 5.74) is 0. The van der Waals surface area contributed by atoms with Crippen molar-refractivity contribution >= 4 is 12.4 Å². The zero-order valence-corrected chi connectivity index (χ0v) is 7.30. The van der Waals surface area contributed by atoms with E-state index in [-0.39, 0.29) is 5.76 Å². The van der Waals surface area contributed by atoms with E-state index >= 15 is 0 Å². The molecule has 0 aliphatic heterocycles. The van der Waals surface area contributed by atoms with Crippen molar-refractivity contribution in [3.63, 3.8) is 0 Å². The summed E-state index contributed by atoms with van der Waals surface area (Å²) in [4.78, 5) is 21.0. The molecule has 0 aromatic heterocycles. The van der Waals surface area contributed by atoms with Crippen LogP contribution in [0, 0.1) is 0 Å². The predicted molar refractivity (Wildman–Crippen MR) is 48.8 cm³/mol. The molecule has 0 bridgehead atoms. The lowest BCUT2D eigenvalue weighted by atomic mass is 10.3. The van der Waals surface area contributed by atoms with Crippen LogP contribution in [0.25, 0.3) is 0 Å². The van der Waals surface area contributed by atoms with Gasteiger partial charge in [-0.1, -0.05) is 24.8 Å². The standard InChI is InChI=1S/C10H8O4/c1-8(7-11)13-10(12)14-9-5-3-2-4-6-9/h2-7H,1H2. The van der Waals surface area contributed by atoms with E-state index in [1.54, 1.807) is 30.3 Å². The lowest BCUT2D eigenvalue weighted by Crippen LogP contribution is -2.10. The Labute approximate surface area is 80.8 Å². The van der Waals surface area contributed by atoms with Gasteiger partial charge in [-0.3, -0.25) is 4.79 Å². The third-order valence-electron chi connectivity index (χ3n) is 1.29. The van der Waals surface area contributed by atoms with Crippen LogP contribution < -0.4 is 4.74 Å². The number of allylic oxidation sites excluding steroid dienone is 1. The van der Waals surface area contributed by atoms with Gasteiger partial charge in [0.15, 0.2) is 12.0 Å². The van der Waals surface area contributed by atoms with Crippen LogP contribution in [0.3, 0.4) is 0 Å². The van der Waals surface area contributed by atoms with Gasteiger partial charge in [-0.15, -0.1) is 0 Å². The fourth-order valence-electron chi connectivity index (χ4n) is 0.737. The maximum atomic E-state index is 10.9. The molecule has 1 aromatic carbocycles. The van der Waals surface area contributed by atoms with Gasteiger partial charge < -0.3 is 9.47 Å². The Hall–Kier alpha value is -2.10. The van der Waals surface area contributed by atoms with E-state index in [1.807, 2.05) is 0 Å². The molecule has 1 rings (SSSR count). The fraction of sp³-hybridized carbons (Fsp3) is 0. The summed E-state index contributed by atoms with van der Waals surface area (Å²) < 4.78 is 9.09. The molecular formula is C10H8O4. The van der Waals surface area contributed by atoms with Gasteiger partial charge >= 0.3 is 6.16 Å². The average Bonchev–Trinajstić information content (AvgIpc) is 2.19. The molecule has 0 atom stereocenters. The van der Waals surface area contributed by atoms with Gasteiger partial charge in [-0.05, 0) is 12.1 Å². The first kappa shape index (κ1) is 9.98. The fourth-order valence-corrected chi connectivity index (χ4v) is 0.737. The molecule has 14 heavy (non-hydrogen) atoms. The van der Waals surface area contributed by atoms with Crippen molar-refractivity contribution in [2.75, 3.05) is 0 Å². The number of ether oxygens (including phenoxy) is 2. The van der Waals surface area contributed by atoms with Crippen molar-refractivity contribution in [3.8, 4) is 5.75 Å².